The molecule has 122 valence electrons. The van der Waals surface area contributed by atoms with Crippen molar-refractivity contribution < 1.29 is 9.66 Å². The van der Waals surface area contributed by atoms with E-state index in [-0.39, 0.29) is 11.5 Å². The molecule has 0 unspecified atom stereocenters. The van der Waals surface area contributed by atoms with Crippen LogP contribution < -0.4 is 9.64 Å². The van der Waals surface area contributed by atoms with E-state index in [0.717, 1.165) is 5.56 Å². The molecule has 0 fully saturated rings. The second-order valence-corrected chi connectivity index (χ2v) is 5.07. The van der Waals surface area contributed by atoms with Crippen LogP contribution in [0.5, 0.6) is 5.88 Å². The first-order valence-electron chi connectivity index (χ1n) is 7.18. The largest absolute Gasteiger partial charge is 0.478 e. The Bertz CT molecular complexity index is 679. The highest BCUT2D eigenvalue weighted by atomic mass is 35.5. The second-order valence-electron chi connectivity index (χ2n) is 4.69. The monoisotopic (exact) mass is 336 g/mol. The molecule has 0 aliphatic rings. The minimum Gasteiger partial charge on any atom is -0.478 e. The summed E-state index contributed by atoms with van der Waals surface area (Å²) in [6, 6.07) is 6.43. The van der Waals surface area contributed by atoms with Crippen LogP contribution in [0.3, 0.4) is 0 Å². The molecule has 0 bridgehead atoms. The van der Waals surface area contributed by atoms with Gasteiger partial charge in [0, 0.05) is 31.4 Å². The van der Waals surface area contributed by atoms with Crippen LogP contribution >= 0.6 is 11.6 Å². The lowest BCUT2D eigenvalue weighted by Crippen LogP contribution is -2.24. The first kappa shape index (κ1) is 17.0. The fourth-order valence-corrected chi connectivity index (χ4v) is 2.20. The van der Waals surface area contributed by atoms with Crippen LogP contribution in [0.2, 0.25) is 5.15 Å². The molecule has 0 saturated heterocycles. The Kier molecular flexibility index (Phi) is 5.70. The van der Waals surface area contributed by atoms with Gasteiger partial charge in [-0.05, 0) is 25.5 Å². The fraction of sp³-hybridized carbons (Fsp3) is 0.333. The fourth-order valence-electron chi connectivity index (χ4n) is 2.08. The zero-order valence-electron chi connectivity index (χ0n) is 12.9. The van der Waals surface area contributed by atoms with Crippen molar-refractivity contribution in [3.63, 3.8) is 0 Å². The number of halogens is 1. The van der Waals surface area contributed by atoms with E-state index in [9.17, 15) is 10.1 Å². The SMILES string of the molecule is CCOc1ccc([N+](=O)[O-])c(N(CC)Cc2ccc(Cl)nc2)n1. The summed E-state index contributed by atoms with van der Waals surface area (Å²) in [6.45, 7) is 5.16. The third-order valence-electron chi connectivity index (χ3n) is 3.16. The van der Waals surface area contributed by atoms with Crippen molar-refractivity contribution in [1.29, 1.82) is 0 Å². The lowest BCUT2D eigenvalue weighted by molar-refractivity contribution is -0.384. The molecule has 0 aromatic carbocycles. The smallest absolute Gasteiger partial charge is 0.311 e. The van der Waals surface area contributed by atoms with E-state index in [1.807, 2.05) is 19.9 Å². The van der Waals surface area contributed by atoms with Crippen molar-refractivity contribution in [3.05, 3.63) is 51.3 Å². The summed E-state index contributed by atoms with van der Waals surface area (Å²) in [5.74, 6) is 0.638. The summed E-state index contributed by atoms with van der Waals surface area (Å²) in [5.41, 5.74) is 0.825. The van der Waals surface area contributed by atoms with Gasteiger partial charge in [0.05, 0.1) is 11.5 Å². The third-order valence-corrected chi connectivity index (χ3v) is 3.38. The van der Waals surface area contributed by atoms with E-state index in [1.165, 1.54) is 12.1 Å². The van der Waals surface area contributed by atoms with E-state index in [0.29, 0.717) is 30.7 Å². The Morgan fingerprint density at radius 1 is 1.30 bits per heavy atom. The number of nitrogens with zero attached hydrogens (tertiary/aromatic N) is 4. The topological polar surface area (TPSA) is 81.4 Å². The number of ether oxygens (including phenoxy) is 1. The van der Waals surface area contributed by atoms with E-state index >= 15 is 0 Å². The zero-order chi connectivity index (χ0) is 16.8. The molecule has 0 aliphatic heterocycles. The summed E-state index contributed by atoms with van der Waals surface area (Å²) in [4.78, 5) is 20.9. The molecule has 2 rings (SSSR count). The number of hydrogen-bond donors (Lipinski definition) is 0. The van der Waals surface area contributed by atoms with Crippen LogP contribution in [0, 0.1) is 10.1 Å². The van der Waals surface area contributed by atoms with Gasteiger partial charge in [-0.3, -0.25) is 10.1 Å². The number of rotatable bonds is 7. The first-order chi connectivity index (χ1) is 11.0. The Morgan fingerprint density at radius 3 is 2.65 bits per heavy atom. The van der Waals surface area contributed by atoms with Gasteiger partial charge in [0.25, 0.3) is 0 Å². The quantitative estimate of drug-likeness (QED) is 0.437. The van der Waals surface area contributed by atoms with Crippen LogP contribution in [0.4, 0.5) is 11.5 Å². The van der Waals surface area contributed by atoms with Crippen molar-refractivity contribution in [1.82, 2.24) is 9.97 Å². The second kappa shape index (κ2) is 7.73. The molecule has 7 nitrogen and oxygen atoms in total. The molecule has 2 aromatic heterocycles. The van der Waals surface area contributed by atoms with Gasteiger partial charge in [0.2, 0.25) is 11.7 Å². The Morgan fingerprint density at radius 2 is 2.09 bits per heavy atom. The van der Waals surface area contributed by atoms with Crippen molar-refractivity contribution in [2.24, 2.45) is 0 Å². The van der Waals surface area contributed by atoms with Crippen molar-refractivity contribution in [2.45, 2.75) is 20.4 Å². The van der Waals surface area contributed by atoms with Crippen molar-refractivity contribution in [3.8, 4) is 5.88 Å². The van der Waals surface area contributed by atoms with Crippen LogP contribution in [-0.2, 0) is 6.54 Å². The van der Waals surface area contributed by atoms with Crippen LogP contribution in [0.25, 0.3) is 0 Å². The molecule has 0 spiro atoms. The maximum absolute atomic E-state index is 11.3. The molecule has 2 aromatic rings. The van der Waals surface area contributed by atoms with Crippen molar-refractivity contribution in [2.75, 3.05) is 18.1 Å². The molecule has 0 amide bonds. The summed E-state index contributed by atoms with van der Waals surface area (Å²) in [5, 5.41) is 11.7. The van der Waals surface area contributed by atoms with Gasteiger partial charge in [-0.1, -0.05) is 17.7 Å². The highest BCUT2D eigenvalue weighted by Crippen LogP contribution is 2.29. The standard InChI is InChI=1S/C15H17ClN4O3/c1-3-19(10-11-5-7-13(16)17-9-11)15-12(20(21)22)6-8-14(18-15)23-4-2/h5-9H,3-4,10H2,1-2H3. The molecule has 0 aliphatic carbocycles. The highest BCUT2D eigenvalue weighted by molar-refractivity contribution is 6.29. The number of pyridine rings is 2. The maximum atomic E-state index is 11.3. The third kappa shape index (κ3) is 4.29. The predicted octanol–water partition coefficient (Wildman–Crippen LogP) is 3.46. The number of anilines is 1. The van der Waals surface area contributed by atoms with Gasteiger partial charge < -0.3 is 9.64 Å². The summed E-state index contributed by atoms with van der Waals surface area (Å²) < 4.78 is 5.35. The van der Waals surface area contributed by atoms with Crippen LogP contribution in [0.1, 0.15) is 19.4 Å². The molecule has 0 N–H and O–H groups in total. The van der Waals surface area contributed by atoms with Gasteiger partial charge >= 0.3 is 5.69 Å². The van der Waals surface area contributed by atoms with Crippen molar-refractivity contribution >= 4 is 23.1 Å². The number of hydrogen-bond acceptors (Lipinski definition) is 6. The Hall–Kier alpha value is -2.41. The first-order valence-corrected chi connectivity index (χ1v) is 7.56. The Balaban J connectivity index is 2.36. The average molecular weight is 337 g/mol. The molecular formula is C15H17ClN4O3. The Labute approximate surface area is 139 Å². The minimum atomic E-state index is -0.444. The van der Waals surface area contributed by atoms with Gasteiger partial charge in [0.1, 0.15) is 5.15 Å². The lowest BCUT2D eigenvalue weighted by Gasteiger charge is -2.22. The van der Waals surface area contributed by atoms with E-state index in [1.54, 1.807) is 17.2 Å². The summed E-state index contributed by atoms with van der Waals surface area (Å²) in [7, 11) is 0. The summed E-state index contributed by atoms with van der Waals surface area (Å²) in [6.07, 6.45) is 1.64. The van der Waals surface area contributed by atoms with E-state index in [2.05, 4.69) is 9.97 Å². The summed E-state index contributed by atoms with van der Waals surface area (Å²) >= 11 is 5.78. The average Bonchev–Trinajstić information content (AvgIpc) is 2.54. The minimum absolute atomic E-state index is 0.0581. The zero-order valence-corrected chi connectivity index (χ0v) is 13.7. The predicted molar refractivity (Wildman–Crippen MR) is 88.0 cm³/mol. The maximum Gasteiger partial charge on any atom is 0.311 e. The molecule has 0 radical (unpaired) electrons. The van der Waals surface area contributed by atoms with Gasteiger partial charge in [-0.15, -0.1) is 0 Å². The van der Waals surface area contributed by atoms with E-state index < -0.39 is 4.92 Å². The highest BCUT2D eigenvalue weighted by Gasteiger charge is 2.21. The molecule has 0 atom stereocenters. The van der Waals surface area contributed by atoms with Crippen LogP contribution in [-0.4, -0.2) is 28.0 Å². The molecule has 2 heterocycles. The molecule has 0 saturated carbocycles. The van der Waals surface area contributed by atoms with Gasteiger partial charge in [0.15, 0.2) is 0 Å². The number of aromatic nitrogens is 2. The van der Waals surface area contributed by atoms with Gasteiger partial charge in [-0.25, -0.2) is 4.98 Å². The van der Waals surface area contributed by atoms with Crippen LogP contribution in [0.15, 0.2) is 30.5 Å². The lowest BCUT2D eigenvalue weighted by atomic mass is 10.2. The van der Waals surface area contributed by atoms with E-state index in [4.69, 9.17) is 16.3 Å². The molecule has 23 heavy (non-hydrogen) atoms. The molecular weight excluding hydrogens is 320 g/mol. The normalized spacial score (nSPS) is 10.4. The molecule has 8 heteroatoms. The number of nitro groups is 1. The van der Waals surface area contributed by atoms with Gasteiger partial charge in [-0.2, -0.15) is 4.98 Å².